The van der Waals surface area contributed by atoms with Crippen LogP contribution in [-0.2, 0) is 17.8 Å². The largest absolute Gasteiger partial charge is 0.487 e. The van der Waals surface area contributed by atoms with E-state index in [4.69, 9.17) is 9.53 Å². The number of hydrogen-bond acceptors (Lipinski definition) is 5. The highest BCUT2D eigenvalue weighted by molar-refractivity contribution is 5.54. The van der Waals surface area contributed by atoms with E-state index in [0.717, 1.165) is 23.4 Å². The van der Waals surface area contributed by atoms with Gasteiger partial charge in [0.1, 0.15) is 12.4 Å². The van der Waals surface area contributed by atoms with E-state index in [2.05, 4.69) is 41.3 Å². The van der Waals surface area contributed by atoms with Crippen molar-refractivity contribution < 1.29 is 9.53 Å². The Hall–Kier alpha value is -2.60. The lowest BCUT2D eigenvalue weighted by Gasteiger charge is -2.15. The van der Waals surface area contributed by atoms with Crippen LogP contribution in [0.5, 0.6) is 5.75 Å². The van der Waals surface area contributed by atoms with E-state index in [9.17, 15) is 0 Å². The van der Waals surface area contributed by atoms with Crippen LogP contribution in [-0.4, -0.2) is 18.4 Å². The molecule has 0 saturated heterocycles. The van der Waals surface area contributed by atoms with E-state index in [0.29, 0.717) is 13.0 Å². The summed E-state index contributed by atoms with van der Waals surface area (Å²) in [5, 5.41) is 3.23. The fourth-order valence-electron chi connectivity index (χ4n) is 2.12. The molecule has 1 amide bonds. The summed E-state index contributed by atoms with van der Waals surface area (Å²) in [4.78, 5) is 13.0. The van der Waals surface area contributed by atoms with Crippen molar-refractivity contribution in [3.63, 3.8) is 0 Å². The normalized spacial score (nSPS) is 9.39. The fraction of sp³-hybridized carbons (Fsp3) is 0.294. The summed E-state index contributed by atoms with van der Waals surface area (Å²) in [6.45, 7) is 4.75. The third-order valence-electron chi connectivity index (χ3n) is 3.35. The smallest absolute Gasteiger partial charge is 0.221 e. The van der Waals surface area contributed by atoms with Crippen molar-refractivity contribution >= 4 is 12.1 Å². The zero-order chi connectivity index (χ0) is 17.1. The van der Waals surface area contributed by atoms with E-state index in [1.807, 2.05) is 20.0 Å². The Balaban J connectivity index is 0.000000593. The van der Waals surface area contributed by atoms with Gasteiger partial charge in [-0.1, -0.05) is 19.1 Å². The third-order valence-corrected chi connectivity index (χ3v) is 3.35. The maximum atomic E-state index is 8.94. The predicted octanol–water partition coefficient (Wildman–Crippen LogP) is 2.18. The van der Waals surface area contributed by atoms with Crippen LogP contribution < -0.4 is 21.3 Å². The number of aryl methyl sites for hydroxylation is 2. The minimum absolute atomic E-state index is 0.403. The Bertz CT molecular complexity index is 595. The summed E-state index contributed by atoms with van der Waals surface area (Å²) in [6.07, 6.45) is 4.95. The molecule has 0 fully saturated rings. The number of nitrogens with one attached hydrogen (secondary N) is 2. The second-order valence-corrected chi connectivity index (χ2v) is 4.76. The van der Waals surface area contributed by atoms with Crippen molar-refractivity contribution in [2.45, 2.75) is 26.9 Å². The third kappa shape index (κ3) is 5.60. The van der Waals surface area contributed by atoms with Gasteiger partial charge in [-0.2, -0.15) is 0 Å². The minimum atomic E-state index is 0.403. The number of rotatable bonds is 6. The first-order valence-corrected chi connectivity index (χ1v) is 7.39. The molecule has 0 aliphatic carbocycles. The second kappa shape index (κ2) is 10.2. The SMILES string of the molecule is CCc1cccc(NC)c1COc1cnccc1C.NNC=O. The monoisotopic (exact) mass is 316 g/mol. The van der Waals surface area contributed by atoms with Gasteiger partial charge in [-0.25, -0.2) is 5.84 Å². The summed E-state index contributed by atoms with van der Waals surface area (Å²) < 4.78 is 5.91. The number of hydrogen-bond donors (Lipinski definition) is 3. The fourth-order valence-corrected chi connectivity index (χ4v) is 2.12. The molecule has 0 aliphatic heterocycles. The highest BCUT2D eigenvalue weighted by Crippen LogP contribution is 2.23. The first-order chi connectivity index (χ1) is 11.2. The van der Waals surface area contributed by atoms with E-state index < -0.39 is 0 Å². The van der Waals surface area contributed by atoms with Crippen molar-refractivity contribution in [1.82, 2.24) is 10.4 Å². The Morgan fingerprint density at radius 1 is 1.35 bits per heavy atom. The van der Waals surface area contributed by atoms with Gasteiger partial charge < -0.3 is 10.1 Å². The number of hydrazine groups is 1. The topological polar surface area (TPSA) is 89.3 Å². The van der Waals surface area contributed by atoms with Gasteiger partial charge in [-0.15, -0.1) is 0 Å². The lowest BCUT2D eigenvalue weighted by Crippen LogP contribution is -2.18. The van der Waals surface area contributed by atoms with Crippen LogP contribution in [0.25, 0.3) is 0 Å². The zero-order valence-electron chi connectivity index (χ0n) is 13.8. The molecule has 0 spiro atoms. The maximum absolute atomic E-state index is 8.94. The number of amides is 1. The van der Waals surface area contributed by atoms with Crippen LogP contribution in [0.2, 0.25) is 0 Å². The number of nitrogens with zero attached hydrogens (tertiary/aromatic N) is 1. The van der Waals surface area contributed by atoms with Crippen molar-refractivity contribution in [3.8, 4) is 5.75 Å². The molecule has 4 N–H and O–H groups in total. The number of nitrogens with two attached hydrogens (primary N) is 1. The van der Waals surface area contributed by atoms with Crippen LogP contribution in [0.1, 0.15) is 23.6 Å². The zero-order valence-corrected chi connectivity index (χ0v) is 13.8. The number of benzene rings is 1. The van der Waals surface area contributed by atoms with Crippen LogP contribution in [0, 0.1) is 6.92 Å². The number of anilines is 1. The molecule has 0 radical (unpaired) electrons. The quantitative estimate of drug-likeness (QED) is 0.329. The molecule has 0 unspecified atom stereocenters. The average Bonchev–Trinajstić information content (AvgIpc) is 2.60. The minimum Gasteiger partial charge on any atom is -0.487 e. The molecular weight excluding hydrogens is 292 g/mol. The summed E-state index contributed by atoms with van der Waals surface area (Å²) in [5.74, 6) is 5.25. The maximum Gasteiger partial charge on any atom is 0.221 e. The Kier molecular flexibility index (Phi) is 8.17. The molecule has 1 heterocycles. The number of aromatic nitrogens is 1. The molecule has 2 rings (SSSR count). The number of carbonyl (C=O) groups excluding carboxylic acids is 1. The predicted molar refractivity (Wildman–Crippen MR) is 92.1 cm³/mol. The van der Waals surface area contributed by atoms with Gasteiger partial charge in [0.2, 0.25) is 6.41 Å². The summed E-state index contributed by atoms with van der Waals surface area (Å²) >= 11 is 0. The molecule has 0 atom stereocenters. The standard InChI is InChI=1S/C16H20N2O.CH4N2O/c1-4-13-6-5-7-15(17-3)14(13)11-19-16-10-18-9-8-12(16)2;2-3-1-4/h5-10,17H,4,11H2,1-3H3;1H,2H2,(H,3,4). The van der Waals surface area contributed by atoms with Crippen LogP contribution in [0.3, 0.4) is 0 Å². The molecule has 0 aliphatic rings. The molecule has 6 heteroatoms. The molecular formula is C17H24N4O2. The van der Waals surface area contributed by atoms with Crippen LogP contribution >= 0.6 is 0 Å². The molecule has 6 nitrogen and oxygen atoms in total. The Morgan fingerprint density at radius 2 is 2.09 bits per heavy atom. The highest BCUT2D eigenvalue weighted by Gasteiger charge is 2.08. The van der Waals surface area contributed by atoms with E-state index in [1.54, 1.807) is 17.8 Å². The number of carbonyl (C=O) groups is 1. The van der Waals surface area contributed by atoms with Gasteiger partial charge in [0.25, 0.3) is 0 Å². The van der Waals surface area contributed by atoms with Crippen LogP contribution in [0.15, 0.2) is 36.7 Å². The first kappa shape index (κ1) is 18.4. The number of ether oxygens (including phenoxy) is 1. The van der Waals surface area contributed by atoms with Gasteiger partial charge in [0.05, 0.1) is 6.20 Å². The Morgan fingerprint density at radius 3 is 2.65 bits per heavy atom. The molecule has 23 heavy (non-hydrogen) atoms. The highest BCUT2D eigenvalue weighted by atomic mass is 16.5. The molecule has 124 valence electrons. The van der Waals surface area contributed by atoms with Gasteiger partial charge in [-0.3, -0.25) is 15.2 Å². The Labute approximate surface area is 137 Å². The lowest BCUT2D eigenvalue weighted by molar-refractivity contribution is -0.109. The number of pyridine rings is 1. The van der Waals surface area contributed by atoms with Crippen molar-refractivity contribution in [1.29, 1.82) is 0 Å². The van der Waals surface area contributed by atoms with Gasteiger partial charge in [0, 0.05) is 24.5 Å². The molecule has 1 aromatic carbocycles. The van der Waals surface area contributed by atoms with Gasteiger partial charge in [0.15, 0.2) is 0 Å². The average molecular weight is 316 g/mol. The van der Waals surface area contributed by atoms with E-state index in [1.165, 1.54) is 11.1 Å². The van der Waals surface area contributed by atoms with E-state index in [-0.39, 0.29) is 0 Å². The summed E-state index contributed by atoms with van der Waals surface area (Å²) in [5.41, 5.74) is 6.51. The summed E-state index contributed by atoms with van der Waals surface area (Å²) in [7, 11) is 1.94. The second-order valence-electron chi connectivity index (χ2n) is 4.76. The van der Waals surface area contributed by atoms with Crippen molar-refractivity contribution in [2.75, 3.05) is 12.4 Å². The summed E-state index contributed by atoms with van der Waals surface area (Å²) in [6, 6.07) is 8.26. The molecule has 0 saturated carbocycles. The van der Waals surface area contributed by atoms with Gasteiger partial charge in [-0.05, 0) is 36.6 Å². The van der Waals surface area contributed by atoms with Crippen molar-refractivity contribution in [3.05, 3.63) is 53.3 Å². The van der Waals surface area contributed by atoms with Crippen molar-refractivity contribution in [2.24, 2.45) is 5.84 Å². The lowest BCUT2D eigenvalue weighted by atomic mass is 10.0. The van der Waals surface area contributed by atoms with Crippen LogP contribution in [0.4, 0.5) is 5.69 Å². The molecule has 2 aromatic rings. The van der Waals surface area contributed by atoms with E-state index >= 15 is 0 Å². The molecule has 0 bridgehead atoms. The molecule has 1 aromatic heterocycles. The first-order valence-electron chi connectivity index (χ1n) is 7.39. The van der Waals surface area contributed by atoms with Gasteiger partial charge >= 0.3 is 0 Å².